The fourth-order valence-corrected chi connectivity index (χ4v) is 2.93. The molecule has 1 amide bonds. The molecule has 1 aliphatic carbocycles. The van der Waals surface area contributed by atoms with Crippen molar-refractivity contribution in [3.8, 4) is 0 Å². The number of amides is 1. The molecule has 1 aromatic heterocycles. The van der Waals surface area contributed by atoms with Crippen LogP contribution in [0.15, 0.2) is 53.9 Å². The number of ether oxygens (including phenoxy) is 1. The van der Waals surface area contributed by atoms with Crippen molar-refractivity contribution in [2.45, 2.75) is 19.1 Å². The fraction of sp³-hybridized carbons (Fsp3) is 0.222. The molecule has 0 spiro atoms. The monoisotopic (exact) mass is 323 g/mol. The molecule has 1 atom stereocenters. The van der Waals surface area contributed by atoms with E-state index >= 15 is 0 Å². The maximum Gasteiger partial charge on any atom is 0.267 e. The van der Waals surface area contributed by atoms with Crippen molar-refractivity contribution < 1.29 is 14.3 Å². The van der Waals surface area contributed by atoms with Crippen LogP contribution in [-0.2, 0) is 9.53 Å². The summed E-state index contributed by atoms with van der Waals surface area (Å²) in [6.07, 6.45) is 3.99. The third-order valence-corrected chi connectivity index (χ3v) is 4.14. The first-order chi connectivity index (χ1) is 11.7. The van der Waals surface area contributed by atoms with Crippen LogP contribution in [-0.4, -0.2) is 29.4 Å². The highest BCUT2D eigenvalue weighted by molar-refractivity contribution is 5.98. The molecule has 0 bridgehead atoms. The van der Waals surface area contributed by atoms with Crippen LogP contribution in [0, 0.1) is 0 Å². The normalized spacial score (nSPS) is 19.2. The van der Waals surface area contributed by atoms with Crippen LogP contribution in [0.4, 0.5) is 0 Å². The SMILES string of the molecule is O=C1C=CC2=C(C1)OC(CCNC(=O)c1cc3ccccc3[nH]1)N2. The Balaban J connectivity index is 1.29. The van der Waals surface area contributed by atoms with E-state index in [9.17, 15) is 9.59 Å². The average Bonchev–Trinajstić information content (AvgIpc) is 3.17. The van der Waals surface area contributed by atoms with Gasteiger partial charge >= 0.3 is 0 Å². The average molecular weight is 323 g/mol. The predicted molar refractivity (Wildman–Crippen MR) is 89.0 cm³/mol. The van der Waals surface area contributed by atoms with Crippen molar-refractivity contribution in [2.24, 2.45) is 0 Å². The van der Waals surface area contributed by atoms with Crippen molar-refractivity contribution in [1.82, 2.24) is 15.6 Å². The Hall–Kier alpha value is -3.02. The number of nitrogens with one attached hydrogen (secondary N) is 3. The molecule has 1 aromatic carbocycles. The number of aromatic amines is 1. The second-order valence-corrected chi connectivity index (χ2v) is 5.88. The summed E-state index contributed by atoms with van der Waals surface area (Å²) in [5.74, 6) is 0.592. The highest BCUT2D eigenvalue weighted by Gasteiger charge is 2.26. The number of ketones is 1. The van der Waals surface area contributed by atoms with Gasteiger partial charge in [-0.1, -0.05) is 18.2 Å². The molecule has 24 heavy (non-hydrogen) atoms. The maximum atomic E-state index is 12.2. The second-order valence-electron chi connectivity index (χ2n) is 5.88. The quantitative estimate of drug-likeness (QED) is 0.803. The number of allylic oxidation sites excluding steroid dienone is 3. The number of benzene rings is 1. The largest absolute Gasteiger partial charge is 0.472 e. The Labute approximate surface area is 138 Å². The third-order valence-electron chi connectivity index (χ3n) is 4.14. The van der Waals surface area contributed by atoms with Crippen LogP contribution in [0.1, 0.15) is 23.3 Å². The lowest BCUT2D eigenvalue weighted by Crippen LogP contribution is -2.31. The Kier molecular flexibility index (Phi) is 3.57. The lowest BCUT2D eigenvalue weighted by atomic mass is 10.1. The zero-order valence-corrected chi connectivity index (χ0v) is 13.0. The summed E-state index contributed by atoms with van der Waals surface area (Å²) in [4.78, 5) is 26.7. The molecule has 6 nitrogen and oxygen atoms in total. The molecule has 2 aliphatic rings. The van der Waals surface area contributed by atoms with E-state index in [-0.39, 0.29) is 17.9 Å². The first-order valence-corrected chi connectivity index (χ1v) is 7.92. The van der Waals surface area contributed by atoms with Gasteiger partial charge in [-0.05, 0) is 24.3 Å². The van der Waals surface area contributed by atoms with Crippen LogP contribution < -0.4 is 10.6 Å². The van der Waals surface area contributed by atoms with Gasteiger partial charge in [0.1, 0.15) is 11.5 Å². The van der Waals surface area contributed by atoms with Gasteiger partial charge in [-0.15, -0.1) is 0 Å². The molecule has 0 saturated heterocycles. The zero-order valence-electron chi connectivity index (χ0n) is 13.0. The van der Waals surface area contributed by atoms with Crippen LogP contribution in [0.25, 0.3) is 10.9 Å². The van der Waals surface area contributed by atoms with Crippen LogP contribution >= 0.6 is 0 Å². The van der Waals surface area contributed by atoms with Gasteiger partial charge < -0.3 is 20.4 Å². The molecule has 0 saturated carbocycles. The Bertz CT molecular complexity index is 846. The van der Waals surface area contributed by atoms with Gasteiger partial charge in [0.2, 0.25) is 0 Å². The van der Waals surface area contributed by atoms with E-state index in [1.807, 2.05) is 30.3 Å². The smallest absolute Gasteiger partial charge is 0.267 e. The van der Waals surface area contributed by atoms with E-state index in [1.165, 1.54) is 0 Å². The highest BCUT2D eigenvalue weighted by Crippen LogP contribution is 2.24. The number of hydrogen-bond acceptors (Lipinski definition) is 4. The number of carbonyl (C=O) groups is 2. The minimum absolute atomic E-state index is 0.0447. The van der Waals surface area contributed by atoms with E-state index in [4.69, 9.17) is 4.74 Å². The number of fused-ring (bicyclic) bond motifs is 1. The van der Waals surface area contributed by atoms with Gasteiger partial charge in [-0.25, -0.2) is 0 Å². The van der Waals surface area contributed by atoms with E-state index in [2.05, 4.69) is 15.6 Å². The van der Waals surface area contributed by atoms with E-state index in [1.54, 1.807) is 12.2 Å². The van der Waals surface area contributed by atoms with Gasteiger partial charge in [0.15, 0.2) is 12.0 Å². The van der Waals surface area contributed by atoms with E-state index in [0.29, 0.717) is 30.8 Å². The lowest BCUT2D eigenvalue weighted by Gasteiger charge is -2.13. The number of carbonyl (C=O) groups excluding carboxylic acids is 2. The summed E-state index contributed by atoms with van der Waals surface area (Å²) in [5, 5.41) is 7.10. The molecule has 2 aromatic rings. The van der Waals surface area contributed by atoms with Gasteiger partial charge in [-0.3, -0.25) is 9.59 Å². The van der Waals surface area contributed by atoms with Gasteiger partial charge in [0, 0.05) is 23.9 Å². The molecule has 6 heteroatoms. The standard InChI is InChI=1S/C18H17N3O3/c22-12-5-6-14-16(10-12)24-17(21-14)7-8-19-18(23)15-9-11-3-1-2-4-13(11)20-15/h1-6,9,17,20-21H,7-8,10H2,(H,19,23). The van der Waals surface area contributed by atoms with Gasteiger partial charge in [0.25, 0.3) is 5.91 Å². The summed E-state index contributed by atoms with van der Waals surface area (Å²) < 4.78 is 5.71. The summed E-state index contributed by atoms with van der Waals surface area (Å²) in [5.41, 5.74) is 2.35. The van der Waals surface area contributed by atoms with Crippen LogP contribution in [0.2, 0.25) is 0 Å². The topological polar surface area (TPSA) is 83.2 Å². The molecule has 0 fully saturated rings. The number of H-pyrrole nitrogens is 1. The summed E-state index contributed by atoms with van der Waals surface area (Å²) in [7, 11) is 0. The zero-order chi connectivity index (χ0) is 16.5. The second kappa shape index (κ2) is 5.88. The minimum atomic E-state index is -0.214. The summed E-state index contributed by atoms with van der Waals surface area (Å²) >= 11 is 0. The number of aromatic nitrogens is 1. The molecule has 122 valence electrons. The molecular formula is C18H17N3O3. The number of para-hydroxylation sites is 1. The van der Waals surface area contributed by atoms with Crippen LogP contribution in [0.5, 0.6) is 0 Å². The first-order valence-electron chi connectivity index (χ1n) is 7.92. The minimum Gasteiger partial charge on any atom is -0.472 e. The van der Waals surface area contributed by atoms with Crippen molar-refractivity contribution in [3.63, 3.8) is 0 Å². The molecule has 1 aliphatic heterocycles. The van der Waals surface area contributed by atoms with Crippen LogP contribution in [0.3, 0.4) is 0 Å². The maximum absolute atomic E-state index is 12.2. The van der Waals surface area contributed by atoms with Crippen molar-refractivity contribution in [1.29, 1.82) is 0 Å². The number of hydrogen-bond donors (Lipinski definition) is 3. The number of rotatable bonds is 4. The summed E-state index contributed by atoms with van der Waals surface area (Å²) in [6.45, 7) is 0.476. The Morgan fingerprint density at radius 1 is 1.29 bits per heavy atom. The first kappa shape index (κ1) is 14.6. The van der Waals surface area contributed by atoms with E-state index < -0.39 is 0 Å². The van der Waals surface area contributed by atoms with Crippen molar-refractivity contribution in [2.75, 3.05) is 6.54 Å². The summed E-state index contributed by atoms with van der Waals surface area (Å²) in [6, 6.07) is 9.61. The lowest BCUT2D eigenvalue weighted by molar-refractivity contribution is -0.114. The molecule has 0 radical (unpaired) electrons. The van der Waals surface area contributed by atoms with Gasteiger partial charge in [-0.2, -0.15) is 0 Å². The highest BCUT2D eigenvalue weighted by atomic mass is 16.5. The Morgan fingerprint density at radius 3 is 3.04 bits per heavy atom. The van der Waals surface area contributed by atoms with Crippen molar-refractivity contribution in [3.05, 3.63) is 59.6 Å². The van der Waals surface area contributed by atoms with E-state index in [0.717, 1.165) is 16.6 Å². The Morgan fingerprint density at radius 2 is 2.17 bits per heavy atom. The van der Waals surface area contributed by atoms with Gasteiger partial charge in [0.05, 0.1) is 12.1 Å². The molecule has 3 N–H and O–H groups in total. The molecule has 2 heterocycles. The molecular weight excluding hydrogens is 306 g/mol. The predicted octanol–water partition coefficient (Wildman–Crippen LogP) is 1.97. The fourth-order valence-electron chi connectivity index (χ4n) is 2.93. The molecule has 1 unspecified atom stereocenters. The molecule has 4 rings (SSSR count). The van der Waals surface area contributed by atoms with Crippen molar-refractivity contribution >= 4 is 22.6 Å². The third kappa shape index (κ3) is 2.78.